The lowest BCUT2D eigenvalue weighted by molar-refractivity contribution is 0.0385. The van der Waals surface area contributed by atoms with Crippen molar-refractivity contribution in [3.63, 3.8) is 0 Å². The van der Waals surface area contributed by atoms with Crippen LogP contribution in [0.2, 0.25) is 0 Å². The number of nitrogen functional groups attached to an aromatic ring is 1. The predicted octanol–water partition coefficient (Wildman–Crippen LogP) is 5.12. The molecular formula is C26H30BrN5O. The van der Waals surface area contributed by atoms with E-state index in [0.717, 1.165) is 78.7 Å². The second kappa shape index (κ2) is 9.79. The first-order valence-corrected chi connectivity index (χ1v) is 12.5. The number of methoxy groups -OCH3 is 1. The Bertz CT molecular complexity index is 1210. The number of aryl methyl sites for hydroxylation is 1. The van der Waals surface area contributed by atoms with Crippen molar-refractivity contribution in [2.24, 2.45) is 0 Å². The number of ether oxygens (including phenoxy) is 1. The number of hydrogen-bond acceptors (Lipinski definition) is 5. The Morgan fingerprint density at radius 2 is 2.03 bits per heavy atom. The standard InChI is InChI=1S/C26H30BrN5O/c1-33-21-11-13-31(14-12-21)17-23-24(27)25(28)32-26(30-23)22(16-29-32)20-10-4-2-3-7-18-8-5-6-9-19(18)15-20/h4-6,8-10,15-16,21H,2-3,7,11-14,17,28H2,1H3/b10-4+,20-15+. The van der Waals surface area contributed by atoms with E-state index in [9.17, 15) is 0 Å². The highest BCUT2D eigenvalue weighted by molar-refractivity contribution is 9.10. The van der Waals surface area contributed by atoms with Crippen molar-refractivity contribution in [1.82, 2.24) is 19.5 Å². The summed E-state index contributed by atoms with van der Waals surface area (Å²) in [7, 11) is 1.80. The van der Waals surface area contributed by atoms with Gasteiger partial charge >= 0.3 is 0 Å². The van der Waals surface area contributed by atoms with E-state index in [2.05, 4.69) is 68.4 Å². The van der Waals surface area contributed by atoms with E-state index in [4.69, 9.17) is 15.5 Å². The molecule has 172 valence electrons. The summed E-state index contributed by atoms with van der Waals surface area (Å²) in [5.74, 6) is 0.584. The van der Waals surface area contributed by atoms with Crippen molar-refractivity contribution in [3.8, 4) is 0 Å². The SMILES string of the molecule is COC1CCN(Cc2nc3c(C4=C/c5ccccc5CCC\C=C\4)cnn3c(N)c2Br)CC1. The Morgan fingerprint density at radius 1 is 1.21 bits per heavy atom. The molecule has 2 aromatic heterocycles. The van der Waals surface area contributed by atoms with Gasteiger partial charge < -0.3 is 10.5 Å². The molecule has 2 aliphatic rings. The van der Waals surface area contributed by atoms with Crippen molar-refractivity contribution >= 4 is 39.0 Å². The molecule has 0 atom stereocenters. The fourth-order valence-corrected chi connectivity index (χ4v) is 5.16. The first-order chi connectivity index (χ1) is 16.1. The molecule has 1 aliphatic carbocycles. The summed E-state index contributed by atoms with van der Waals surface area (Å²) in [5.41, 5.74) is 13.0. The van der Waals surface area contributed by atoms with E-state index < -0.39 is 0 Å². The summed E-state index contributed by atoms with van der Waals surface area (Å²) in [6, 6.07) is 8.63. The molecule has 2 N–H and O–H groups in total. The van der Waals surface area contributed by atoms with Crippen LogP contribution in [0, 0.1) is 0 Å². The molecule has 0 unspecified atom stereocenters. The molecule has 3 aromatic rings. The largest absolute Gasteiger partial charge is 0.383 e. The van der Waals surface area contributed by atoms with E-state index in [1.807, 2.05) is 6.20 Å². The Balaban J connectivity index is 1.54. The molecule has 0 amide bonds. The lowest BCUT2D eigenvalue weighted by atomic mass is 10.00. The molecule has 0 spiro atoms. The van der Waals surface area contributed by atoms with Gasteiger partial charge in [-0.05, 0) is 70.8 Å². The number of halogens is 1. The van der Waals surface area contributed by atoms with Crippen molar-refractivity contribution in [2.75, 3.05) is 25.9 Å². The maximum Gasteiger partial charge on any atom is 0.165 e. The van der Waals surface area contributed by atoms with E-state index >= 15 is 0 Å². The van der Waals surface area contributed by atoms with Crippen LogP contribution in [0.15, 0.2) is 47.1 Å². The average molecular weight is 508 g/mol. The summed E-state index contributed by atoms with van der Waals surface area (Å²) in [6.45, 7) is 2.74. The van der Waals surface area contributed by atoms with Gasteiger partial charge in [-0.3, -0.25) is 4.90 Å². The minimum atomic E-state index is 0.358. The van der Waals surface area contributed by atoms with Gasteiger partial charge in [0.15, 0.2) is 5.65 Å². The fourth-order valence-electron chi connectivity index (χ4n) is 4.77. The lowest BCUT2D eigenvalue weighted by Crippen LogP contribution is -2.36. The molecule has 0 bridgehead atoms. The van der Waals surface area contributed by atoms with E-state index in [-0.39, 0.29) is 0 Å². The lowest BCUT2D eigenvalue weighted by Gasteiger charge is -2.31. The average Bonchev–Trinajstić information content (AvgIpc) is 3.29. The molecule has 1 saturated heterocycles. The van der Waals surface area contributed by atoms with Crippen molar-refractivity contribution < 1.29 is 4.74 Å². The third kappa shape index (κ3) is 4.63. The number of anilines is 1. The minimum absolute atomic E-state index is 0.358. The third-order valence-corrected chi connectivity index (χ3v) is 7.59. The summed E-state index contributed by atoms with van der Waals surface area (Å²) >= 11 is 3.69. The van der Waals surface area contributed by atoms with Gasteiger partial charge in [-0.2, -0.15) is 9.61 Å². The molecule has 1 fully saturated rings. The van der Waals surface area contributed by atoms with Crippen LogP contribution in [-0.4, -0.2) is 45.8 Å². The molecule has 3 heterocycles. The van der Waals surface area contributed by atoms with Crippen molar-refractivity contribution in [1.29, 1.82) is 0 Å². The number of nitrogens with zero attached hydrogens (tertiary/aromatic N) is 4. The van der Waals surface area contributed by atoms with Gasteiger partial charge in [0.2, 0.25) is 0 Å². The van der Waals surface area contributed by atoms with E-state index in [1.165, 1.54) is 11.1 Å². The quantitative estimate of drug-likeness (QED) is 0.530. The smallest absolute Gasteiger partial charge is 0.165 e. The van der Waals surface area contributed by atoms with Crippen LogP contribution in [0.3, 0.4) is 0 Å². The summed E-state index contributed by atoms with van der Waals surface area (Å²) in [4.78, 5) is 7.48. The highest BCUT2D eigenvalue weighted by Crippen LogP contribution is 2.31. The van der Waals surface area contributed by atoms with Crippen molar-refractivity contribution in [3.05, 3.63) is 69.5 Å². The Morgan fingerprint density at radius 3 is 2.85 bits per heavy atom. The molecule has 6 nitrogen and oxygen atoms in total. The highest BCUT2D eigenvalue weighted by atomic mass is 79.9. The molecule has 33 heavy (non-hydrogen) atoms. The Kier molecular flexibility index (Phi) is 6.62. The maximum absolute atomic E-state index is 6.51. The number of hydrogen-bond donors (Lipinski definition) is 1. The molecule has 1 aliphatic heterocycles. The van der Waals surface area contributed by atoms with Crippen LogP contribution in [0.4, 0.5) is 5.82 Å². The number of allylic oxidation sites excluding steroid dienone is 3. The van der Waals surface area contributed by atoms with Gasteiger partial charge in [0.1, 0.15) is 5.82 Å². The zero-order valence-corrected chi connectivity index (χ0v) is 20.6. The molecule has 5 rings (SSSR count). The molecule has 1 aromatic carbocycles. The first kappa shape index (κ1) is 22.3. The monoisotopic (exact) mass is 507 g/mol. The highest BCUT2D eigenvalue weighted by Gasteiger charge is 2.22. The molecular weight excluding hydrogens is 478 g/mol. The van der Waals surface area contributed by atoms with E-state index in [1.54, 1.807) is 11.6 Å². The molecule has 7 heteroatoms. The second-order valence-corrected chi connectivity index (χ2v) is 9.65. The Labute approximate surface area is 203 Å². The molecule has 0 saturated carbocycles. The van der Waals surface area contributed by atoms with Crippen LogP contribution in [-0.2, 0) is 17.7 Å². The van der Waals surface area contributed by atoms with Crippen molar-refractivity contribution in [2.45, 2.75) is 44.8 Å². The molecule has 0 radical (unpaired) electrons. The van der Waals surface area contributed by atoms with Crippen LogP contribution in [0.25, 0.3) is 17.3 Å². The third-order valence-electron chi connectivity index (χ3n) is 6.72. The normalized spacial score (nSPS) is 20.5. The zero-order valence-electron chi connectivity index (χ0n) is 19.0. The Hall–Kier alpha value is -2.48. The van der Waals surface area contributed by atoms with Crippen LogP contribution in [0.5, 0.6) is 0 Å². The van der Waals surface area contributed by atoms with Crippen LogP contribution < -0.4 is 5.73 Å². The summed E-state index contributed by atoms with van der Waals surface area (Å²) in [6.07, 6.45) is 14.3. The first-order valence-electron chi connectivity index (χ1n) is 11.7. The van der Waals surface area contributed by atoms with Gasteiger partial charge in [-0.1, -0.05) is 36.4 Å². The summed E-state index contributed by atoms with van der Waals surface area (Å²) in [5, 5.41) is 4.59. The van der Waals surface area contributed by atoms with Crippen LogP contribution in [0.1, 0.15) is 48.1 Å². The van der Waals surface area contributed by atoms with Gasteiger partial charge in [-0.25, -0.2) is 4.98 Å². The number of rotatable bonds is 4. The fraction of sp³-hybridized carbons (Fsp3) is 0.385. The van der Waals surface area contributed by atoms with Gasteiger partial charge in [-0.15, -0.1) is 0 Å². The van der Waals surface area contributed by atoms with Gasteiger partial charge in [0, 0.05) is 32.3 Å². The number of aromatic nitrogens is 3. The number of nitrogens with two attached hydrogens (primary N) is 1. The number of piperidine rings is 1. The predicted molar refractivity (Wildman–Crippen MR) is 137 cm³/mol. The topological polar surface area (TPSA) is 68.7 Å². The zero-order chi connectivity index (χ0) is 22.8. The van der Waals surface area contributed by atoms with E-state index in [0.29, 0.717) is 11.9 Å². The number of benzene rings is 1. The number of fused-ring (bicyclic) bond motifs is 2. The van der Waals surface area contributed by atoms with Gasteiger partial charge in [0.25, 0.3) is 0 Å². The van der Waals surface area contributed by atoms with Crippen LogP contribution >= 0.6 is 15.9 Å². The van der Waals surface area contributed by atoms with Gasteiger partial charge in [0.05, 0.1) is 22.5 Å². The summed E-state index contributed by atoms with van der Waals surface area (Å²) < 4.78 is 8.09. The number of likely N-dealkylation sites (tertiary alicyclic amines) is 1. The second-order valence-electron chi connectivity index (χ2n) is 8.86. The maximum atomic E-state index is 6.51. The minimum Gasteiger partial charge on any atom is -0.383 e.